The van der Waals surface area contributed by atoms with Crippen molar-refractivity contribution < 1.29 is 9.59 Å². The zero-order valence-corrected chi connectivity index (χ0v) is 17.7. The van der Waals surface area contributed by atoms with Gasteiger partial charge in [-0.25, -0.2) is 0 Å². The SMILES string of the molecule is O=C(c1ccc(Cl)cc1)N1CCS[C@]12C(=O)N(Cc1ccccc1)c1ccccc12. The van der Waals surface area contributed by atoms with Crippen LogP contribution in [0.25, 0.3) is 0 Å². The van der Waals surface area contributed by atoms with Gasteiger partial charge in [0.15, 0.2) is 4.87 Å². The molecule has 150 valence electrons. The number of carbonyl (C=O) groups excluding carboxylic acids is 2. The van der Waals surface area contributed by atoms with Crippen molar-refractivity contribution in [2.45, 2.75) is 11.4 Å². The molecule has 2 heterocycles. The van der Waals surface area contributed by atoms with Gasteiger partial charge >= 0.3 is 0 Å². The van der Waals surface area contributed by atoms with Gasteiger partial charge in [0.1, 0.15) is 0 Å². The third-order valence-corrected chi connectivity index (χ3v) is 7.29. The van der Waals surface area contributed by atoms with Crippen LogP contribution in [0.15, 0.2) is 78.9 Å². The third-order valence-electron chi connectivity index (χ3n) is 5.62. The summed E-state index contributed by atoms with van der Waals surface area (Å²) in [6.45, 7) is 0.993. The highest BCUT2D eigenvalue weighted by Gasteiger charge is 2.59. The van der Waals surface area contributed by atoms with Gasteiger partial charge in [0.2, 0.25) is 0 Å². The third kappa shape index (κ3) is 2.92. The fourth-order valence-corrected chi connectivity index (χ4v) is 5.83. The van der Waals surface area contributed by atoms with Crippen LogP contribution < -0.4 is 4.90 Å². The molecular formula is C24H19ClN2O2S. The second kappa shape index (κ2) is 7.49. The molecule has 3 aromatic carbocycles. The molecular weight excluding hydrogens is 416 g/mol. The van der Waals surface area contributed by atoms with E-state index in [1.165, 1.54) is 11.8 Å². The summed E-state index contributed by atoms with van der Waals surface area (Å²) in [5, 5.41) is 0.577. The van der Waals surface area contributed by atoms with Crippen molar-refractivity contribution in [3.8, 4) is 0 Å². The van der Waals surface area contributed by atoms with Crippen molar-refractivity contribution >= 4 is 40.9 Å². The van der Waals surface area contributed by atoms with Crippen molar-refractivity contribution in [1.82, 2.24) is 4.90 Å². The summed E-state index contributed by atoms with van der Waals surface area (Å²) in [6.07, 6.45) is 0. The van der Waals surface area contributed by atoms with Gasteiger partial charge in [-0.2, -0.15) is 0 Å². The molecule has 0 saturated carbocycles. The number of carbonyl (C=O) groups is 2. The highest BCUT2D eigenvalue weighted by Crippen LogP contribution is 2.54. The van der Waals surface area contributed by atoms with E-state index >= 15 is 0 Å². The van der Waals surface area contributed by atoms with E-state index in [1.807, 2.05) is 59.5 Å². The maximum Gasteiger partial charge on any atom is 0.268 e. The van der Waals surface area contributed by atoms with Crippen LogP contribution in [0, 0.1) is 0 Å². The lowest BCUT2D eigenvalue weighted by atomic mass is 10.0. The van der Waals surface area contributed by atoms with E-state index in [4.69, 9.17) is 11.6 Å². The van der Waals surface area contributed by atoms with E-state index in [9.17, 15) is 9.59 Å². The Morgan fingerprint density at radius 1 is 0.967 bits per heavy atom. The van der Waals surface area contributed by atoms with Gasteiger partial charge in [0, 0.05) is 28.4 Å². The number of thioether (sulfide) groups is 1. The zero-order valence-electron chi connectivity index (χ0n) is 16.1. The molecule has 0 radical (unpaired) electrons. The first-order valence-corrected chi connectivity index (χ1v) is 11.1. The number of halogens is 1. The number of hydrogen-bond acceptors (Lipinski definition) is 3. The van der Waals surface area contributed by atoms with Crippen LogP contribution in [0.1, 0.15) is 21.5 Å². The molecule has 0 unspecified atom stereocenters. The van der Waals surface area contributed by atoms with Crippen LogP contribution in [0.2, 0.25) is 5.02 Å². The molecule has 1 saturated heterocycles. The smallest absolute Gasteiger partial charge is 0.268 e. The van der Waals surface area contributed by atoms with Crippen molar-refractivity contribution in [3.05, 3.63) is 101 Å². The number of rotatable bonds is 3. The minimum Gasteiger partial charge on any atom is -0.311 e. The Morgan fingerprint density at radius 3 is 2.43 bits per heavy atom. The van der Waals surface area contributed by atoms with Crippen LogP contribution in [0.5, 0.6) is 0 Å². The summed E-state index contributed by atoms with van der Waals surface area (Å²) in [4.78, 5) is 29.8. The summed E-state index contributed by atoms with van der Waals surface area (Å²) in [6, 6.07) is 24.6. The molecule has 2 amide bonds. The molecule has 0 bridgehead atoms. The number of nitrogens with zero attached hydrogens (tertiary/aromatic N) is 2. The van der Waals surface area contributed by atoms with Gasteiger partial charge in [-0.1, -0.05) is 60.1 Å². The van der Waals surface area contributed by atoms with Crippen molar-refractivity contribution in [2.24, 2.45) is 0 Å². The summed E-state index contributed by atoms with van der Waals surface area (Å²) >= 11 is 7.53. The van der Waals surface area contributed by atoms with Gasteiger partial charge < -0.3 is 9.80 Å². The van der Waals surface area contributed by atoms with E-state index in [-0.39, 0.29) is 11.8 Å². The predicted molar refractivity (Wildman–Crippen MR) is 121 cm³/mol. The molecule has 3 aromatic rings. The van der Waals surface area contributed by atoms with E-state index in [1.54, 1.807) is 29.2 Å². The molecule has 4 nitrogen and oxygen atoms in total. The number of hydrogen-bond donors (Lipinski definition) is 0. The van der Waals surface area contributed by atoms with Crippen molar-refractivity contribution in [1.29, 1.82) is 0 Å². The lowest BCUT2D eigenvalue weighted by molar-refractivity contribution is -0.123. The number of para-hydroxylation sites is 1. The van der Waals surface area contributed by atoms with E-state index in [2.05, 4.69) is 0 Å². The Bertz CT molecular complexity index is 1120. The van der Waals surface area contributed by atoms with Gasteiger partial charge in [-0.3, -0.25) is 9.59 Å². The number of amides is 2. The largest absolute Gasteiger partial charge is 0.311 e. The molecule has 30 heavy (non-hydrogen) atoms. The minimum atomic E-state index is -1.03. The Balaban J connectivity index is 1.57. The van der Waals surface area contributed by atoms with Crippen molar-refractivity contribution in [2.75, 3.05) is 17.2 Å². The maximum absolute atomic E-state index is 13.9. The van der Waals surface area contributed by atoms with Crippen LogP contribution in [0.4, 0.5) is 5.69 Å². The molecule has 2 aliphatic heterocycles. The predicted octanol–water partition coefficient (Wildman–Crippen LogP) is 4.93. The quantitative estimate of drug-likeness (QED) is 0.587. The molecule has 5 rings (SSSR count). The number of benzene rings is 3. The van der Waals surface area contributed by atoms with E-state index < -0.39 is 4.87 Å². The van der Waals surface area contributed by atoms with Gasteiger partial charge in [0.05, 0.1) is 12.2 Å². The summed E-state index contributed by atoms with van der Waals surface area (Å²) < 4.78 is 0. The van der Waals surface area contributed by atoms with E-state index in [0.29, 0.717) is 29.4 Å². The molecule has 1 spiro atoms. The summed E-state index contributed by atoms with van der Waals surface area (Å²) in [7, 11) is 0. The fourth-order valence-electron chi connectivity index (χ4n) is 4.24. The molecule has 0 aromatic heterocycles. The molecule has 2 aliphatic rings. The van der Waals surface area contributed by atoms with Crippen LogP contribution in [-0.4, -0.2) is 29.0 Å². The highest BCUT2D eigenvalue weighted by molar-refractivity contribution is 8.01. The average Bonchev–Trinajstić information content (AvgIpc) is 3.32. The second-order valence-electron chi connectivity index (χ2n) is 7.35. The molecule has 0 N–H and O–H groups in total. The van der Waals surface area contributed by atoms with Crippen molar-refractivity contribution in [3.63, 3.8) is 0 Å². The van der Waals surface area contributed by atoms with Gasteiger partial charge in [-0.15, -0.1) is 11.8 Å². The maximum atomic E-state index is 13.9. The summed E-state index contributed by atoms with van der Waals surface area (Å²) in [5.41, 5.74) is 3.34. The first kappa shape index (κ1) is 19.2. The van der Waals surface area contributed by atoms with Crippen LogP contribution >= 0.6 is 23.4 Å². The standard InChI is InChI=1S/C24H19ClN2O2S/c25-19-12-10-18(11-13-19)22(28)27-14-15-30-24(27)20-8-4-5-9-21(20)26(23(24)29)16-17-6-2-1-3-7-17/h1-13H,14-16H2/t24-/m1/s1. The topological polar surface area (TPSA) is 40.6 Å². The molecule has 6 heteroatoms. The lowest BCUT2D eigenvalue weighted by Crippen LogP contribution is -2.50. The Kier molecular flexibility index (Phi) is 4.80. The summed E-state index contributed by atoms with van der Waals surface area (Å²) in [5.74, 6) is 0.497. The lowest BCUT2D eigenvalue weighted by Gasteiger charge is -2.33. The van der Waals surface area contributed by atoms with Crippen LogP contribution in [-0.2, 0) is 16.2 Å². The average molecular weight is 435 g/mol. The van der Waals surface area contributed by atoms with Gasteiger partial charge in [-0.05, 0) is 35.9 Å². The highest BCUT2D eigenvalue weighted by atomic mass is 35.5. The first-order valence-electron chi connectivity index (χ1n) is 9.78. The van der Waals surface area contributed by atoms with E-state index in [0.717, 1.165) is 16.8 Å². The minimum absolute atomic E-state index is 0.0580. The first-order chi connectivity index (χ1) is 14.6. The Hall–Kier alpha value is -2.76. The number of anilines is 1. The second-order valence-corrected chi connectivity index (χ2v) is 9.07. The fraction of sp³-hybridized carbons (Fsp3) is 0.167. The normalized spacial score (nSPS) is 20.1. The molecule has 1 atom stereocenters. The van der Waals surface area contributed by atoms with Crippen LogP contribution in [0.3, 0.4) is 0 Å². The van der Waals surface area contributed by atoms with Gasteiger partial charge in [0.25, 0.3) is 11.8 Å². The Labute approximate surface area is 184 Å². The molecule has 0 aliphatic carbocycles. The molecule has 1 fully saturated rings. The zero-order chi connectivity index (χ0) is 20.7. The monoisotopic (exact) mass is 434 g/mol. The number of fused-ring (bicyclic) bond motifs is 2. The Morgan fingerprint density at radius 2 is 1.67 bits per heavy atom.